The van der Waals surface area contributed by atoms with Crippen molar-refractivity contribution in [2.24, 2.45) is 0 Å². The molecular formula is C12H19N3O5S. The van der Waals surface area contributed by atoms with Crippen LogP contribution in [-0.4, -0.2) is 58.3 Å². The molecule has 1 aromatic heterocycles. The number of aromatic carboxylic acids is 1. The molecular weight excluding hydrogens is 298 g/mol. The van der Waals surface area contributed by atoms with Gasteiger partial charge in [-0.25, -0.2) is 13.2 Å². The largest absolute Gasteiger partial charge is 0.478 e. The first kappa shape index (κ1) is 15.9. The van der Waals surface area contributed by atoms with Gasteiger partial charge in [-0.15, -0.1) is 0 Å². The Labute approximate surface area is 122 Å². The van der Waals surface area contributed by atoms with E-state index < -0.39 is 21.0 Å². The molecule has 1 heterocycles. The molecule has 3 N–H and O–H groups in total. The number of sulfonamides is 1. The highest BCUT2D eigenvalue weighted by Crippen LogP contribution is 2.28. The summed E-state index contributed by atoms with van der Waals surface area (Å²) in [6.45, 7) is -0.364. The topological polar surface area (TPSA) is 124 Å². The lowest BCUT2D eigenvalue weighted by Crippen LogP contribution is -2.43. The number of hydrogen-bond acceptors (Lipinski definition) is 5. The minimum Gasteiger partial charge on any atom is -0.478 e. The van der Waals surface area contributed by atoms with Gasteiger partial charge in [0.2, 0.25) is 0 Å². The van der Waals surface area contributed by atoms with Crippen molar-refractivity contribution in [2.75, 3.05) is 13.2 Å². The second-order valence-electron chi connectivity index (χ2n) is 5.05. The predicted octanol–water partition coefficient (Wildman–Crippen LogP) is 0.424. The first-order valence-electron chi connectivity index (χ1n) is 6.88. The Morgan fingerprint density at radius 2 is 2.05 bits per heavy atom. The number of aromatic nitrogens is 2. The van der Waals surface area contributed by atoms with Crippen LogP contribution in [0.4, 0.5) is 0 Å². The maximum Gasteiger partial charge on any atom is 0.340 e. The fourth-order valence-electron chi connectivity index (χ4n) is 2.71. The first-order valence-corrected chi connectivity index (χ1v) is 8.32. The van der Waals surface area contributed by atoms with Crippen molar-refractivity contribution in [1.29, 1.82) is 0 Å². The highest BCUT2D eigenvalue weighted by Gasteiger charge is 2.35. The van der Waals surface area contributed by atoms with Crippen molar-refractivity contribution in [3.63, 3.8) is 0 Å². The van der Waals surface area contributed by atoms with E-state index in [2.05, 4.69) is 10.2 Å². The van der Waals surface area contributed by atoms with Gasteiger partial charge in [0, 0.05) is 12.6 Å². The number of aromatic amines is 1. The third-order valence-electron chi connectivity index (χ3n) is 3.70. The molecule has 1 aliphatic carbocycles. The maximum absolute atomic E-state index is 12.7. The number of carbonyl (C=O) groups is 1. The van der Waals surface area contributed by atoms with Crippen molar-refractivity contribution >= 4 is 16.0 Å². The van der Waals surface area contributed by atoms with Crippen LogP contribution in [0.5, 0.6) is 0 Å². The number of nitrogens with one attached hydrogen (secondary N) is 1. The molecule has 0 atom stereocenters. The lowest BCUT2D eigenvalue weighted by molar-refractivity contribution is 0.0692. The average molecular weight is 317 g/mol. The van der Waals surface area contributed by atoms with Crippen LogP contribution in [0.25, 0.3) is 0 Å². The Hall–Kier alpha value is -1.45. The maximum atomic E-state index is 12.7. The van der Waals surface area contributed by atoms with Crippen molar-refractivity contribution in [1.82, 2.24) is 14.5 Å². The molecule has 0 aromatic carbocycles. The minimum atomic E-state index is -4.02. The Bertz CT molecular complexity index is 592. The van der Waals surface area contributed by atoms with Crippen molar-refractivity contribution in [2.45, 2.75) is 43.2 Å². The van der Waals surface area contributed by atoms with Crippen LogP contribution < -0.4 is 0 Å². The molecule has 1 aliphatic rings. The monoisotopic (exact) mass is 317 g/mol. The van der Waals surface area contributed by atoms with Gasteiger partial charge >= 0.3 is 5.97 Å². The standard InChI is InChI=1S/C12H19N3O5S/c16-7-6-15(9-4-2-1-3-5-9)21(19,20)11-10(12(17)18)8-13-14-11/h8-9,16H,1-7H2,(H,13,14)(H,17,18). The SMILES string of the molecule is O=C(O)c1cn[nH]c1S(=O)(=O)N(CCO)C1CCCCC1. The van der Waals surface area contributed by atoms with Gasteiger partial charge in [0.05, 0.1) is 12.8 Å². The molecule has 1 aromatic rings. The first-order chi connectivity index (χ1) is 9.98. The number of nitrogens with zero attached hydrogens (tertiary/aromatic N) is 2. The summed E-state index contributed by atoms with van der Waals surface area (Å²) in [7, 11) is -4.02. The van der Waals surface area contributed by atoms with E-state index in [4.69, 9.17) is 10.2 Å². The van der Waals surface area contributed by atoms with Crippen LogP contribution >= 0.6 is 0 Å². The number of H-pyrrole nitrogens is 1. The van der Waals surface area contributed by atoms with E-state index in [-0.39, 0.29) is 24.8 Å². The third kappa shape index (κ3) is 3.25. The molecule has 0 unspecified atom stereocenters. The van der Waals surface area contributed by atoms with Crippen molar-refractivity contribution < 1.29 is 23.4 Å². The van der Waals surface area contributed by atoms with Crippen LogP contribution in [0.2, 0.25) is 0 Å². The summed E-state index contributed by atoms with van der Waals surface area (Å²) in [5.41, 5.74) is -0.381. The van der Waals surface area contributed by atoms with Crippen LogP contribution in [-0.2, 0) is 10.0 Å². The highest BCUT2D eigenvalue weighted by atomic mass is 32.2. The number of carboxylic acids is 1. The molecule has 0 saturated heterocycles. The predicted molar refractivity (Wildman–Crippen MR) is 73.4 cm³/mol. The van der Waals surface area contributed by atoms with E-state index in [0.717, 1.165) is 38.3 Å². The fourth-order valence-corrected chi connectivity index (χ4v) is 4.45. The molecule has 0 amide bonds. The van der Waals surface area contributed by atoms with Crippen LogP contribution in [0.15, 0.2) is 11.2 Å². The van der Waals surface area contributed by atoms with Gasteiger partial charge in [0.15, 0.2) is 5.03 Å². The molecule has 21 heavy (non-hydrogen) atoms. The number of rotatable bonds is 6. The summed E-state index contributed by atoms with van der Waals surface area (Å²) >= 11 is 0. The number of aliphatic hydroxyl groups is 1. The van der Waals surface area contributed by atoms with Gasteiger partial charge in [-0.1, -0.05) is 19.3 Å². The van der Waals surface area contributed by atoms with Crippen LogP contribution in [0.3, 0.4) is 0 Å². The second-order valence-corrected chi connectivity index (χ2v) is 6.88. The molecule has 2 rings (SSSR count). The Balaban J connectivity index is 2.37. The van der Waals surface area contributed by atoms with E-state index >= 15 is 0 Å². The number of hydrogen-bond donors (Lipinski definition) is 3. The summed E-state index contributed by atoms with van der Waals surface area (Å²) in [6.07, 6.45) is 5.33. The zero-order valence-corrected chi connectivity index (χ0v) is 12.3. The number of carboxylic acid groups (broad SMARTS) is 1. The zero-order valence-electron chi connectivity index (χ0n) is 11.5. The molecule has 0 aliphatic heterocycles. The number of aliphatic hydroxyl groups excluding tert-OH is 1. The molecule has 0 bridgehead atoms. The lowest BCUT2D eigenvalue weighted by Gasteiger charge is -2.32. The van der Waals surface area contributed by atoms with E-state index in [0.29, 0.717) is 0 Å². The summed E-state index contributed by atoms with van der Waals surface area (Å²) in [5.74, 6) is -1.35. The van der Waals surface area contributed by atoms with E-state index in [1.165, 1.54) is 4.31 Å². The Morgan fingerprint density at radius 1 is 1.38 bits per heavy atom. The summed E-state index contributed by atoms with van der Waals surface area (Å²) in [6, 6.07) is -0.208. The van der Waals surface area contributed by atoms with E-state index in [9.17, 15) is 13.2 Å². The molecule has 0 spiro atoms. The summed E-state index contributed by atoms with van der Waals surface area (Å²) < 4.78 is 26.6. The highest BCUT2D eigenvalue weighted by molar-refractivity contribution is 7.89. The van der Waals surface area contributed by atoms with E-state index in [1.807, 2.05) is 0 Å². The van der Waals surface area contributed by atoms with Gasteiger partial charge < -0.3 is 10.2 Å². The molecule has 9 heteroatoms. The smallest absolute Gasteiger partial charge is 0.340 e. The van der Waals surface area contributed by atoms with Crippen molar-refractivity contribution in [3.8, 4) is 0 Å². The molecule has 118 valence electrons. The lowest BCUT2D eigenvalue weighted by atomic mass is 9.95. The van der Waals surface area contributed by atoms with Gasteiger partial charge in [-0.05, 0) is 12.8 Å². The minimum absolute atomic E-state index is 0.0505. The second kappa shape index (κ2) is 6.54. The van der Waals surface area contributed by atoms with Gasteiger partial charge in [-0.2, -0.15) is 9.40 Å². The van der Waals surface area contributed by atoms with Gasteiger partial charge in [0.25, 0.3) is 10.0 Å². The third-order valence-corrected chi connectivity index (χ3v) is 5.63. The molecule has 8 nitrogen and oxygen atoms in total. The summed E-state index contributed by atoms with van der Waals surface area (Å²) in [4.78, 5) is 11.1. The average Bonchev–Trinajstić information content (AvgIpc) is 2.96. The zero-order chi connectivity index (χ0) is 15.5. The van der Waals surface area contributed by atoms with Crippen LogP contribution in [0.1, 0.15) is 42.5 Å². The Kier molecular flexibility index (Phi) is 4.96. The molecule has 1 fully saturated rings. The summed E-state index contributed by atoms with van der Waals surface area (Å²) in [5, 5.41) is 23.6. The van der Waals surface area contributed by atoms with E-state index in [1.54, 1.807) is 0 Å². The normalized spacial score (nSPS) is 17.2. The van der Waals surface area contributed by atoms with Gasteiger partial charge in [-0.3, -0.25) is 5.10 Å². The molecule has 1 saturated carbocycles. The quantitative estimate of drug-likeness (QED) is 0.699. The van der Waals surface area contributed by atoms with Crippen LogP contribution in [0, 0.1) is 0 Å². The molecule has 0 radical (unpaired) electrons. The van der Waals surface area contributed by atoms with Crippen molar-refractivity contribution in [3.05, 3.63) is 11.8 Å². The van der Waals surface area contributed by atoms with Gasteiger partial charge in [0.1, 0.15) is 5.56 Å². The fraction of sp³-hybridized carbons (Fsp3) is 0.667. The Morgan fingerprint density at radius 3 is 2.62 bits per heavy atom.